The maximum Gasteiger partial charge on any atom is 0.0705 e. The summed E-state index contributed by atoms with van der Waals surface area (Å²) in [5, 5.41) is 4.57. The molecule has 1 N–H and O–H groups in total. The summed E-state index contributed by atoms with van der Waals surface area (Å²) in [5.74, 6) is 0. The molecular formula is C15H18N2. The summed E-state index contributed by atoms with van der Waals surface area (Å²) in [6, 6.07) is 10.6. The summed E-state index contributed by atoms with van der Waals surface area (Å²) < 4.78 is 0. The predicted molar refractivity (Wildman–Crippen MR) is 73.0 cm³/mol. The lowest BCUT2D eigenvalue weighted by atomic mass is 9.97. The van der Waals surface area contributed by atoms with E-state index < -0.39 is 0 Å². The van der Waals surface area contributed by atoms with Gasteiger partial charge in [-0.2, -0.15) is 0 Å². The van der Waals surface area contributed by atoms with Gasteiger partial charge in [-0.3, -0.25) is 4.98 Å². The van der Waals surface area contributed by atoms with Crippen LogP contribution in [0, 0.1) is 0 Å². The van der Waals surface area contributed by atoms with Gasteiger partial charge in [-0.25, -0.2) is 0 Å². The predicted octanol–water partition coefficient (Wildman–Crippen LogP) is 3.46. The molecule has 0 aliphatic rings. The highest BCUT2D eigenvalue weighted by atomic mass is 14.9. The number of nitrogens with one attached hydrogen (secondary N) is 1. The number of para-hydroxylation sites is 1. The van der Waals surface area contributed by atoms with Gasteiger partial charge in [-0.05, 0) is 38.1 Å². The minimum absolute atomic E-state index is 0.306. The van der Waals surface area contributed by atoms with Gasteiger partial charge in [-0.1, -0.05) is 23.8 Å². The number of benzene rings is 1. The molecule has 0 aliphatic carbocycles. The van der Waals surface area contributed by atoms with E-state index in [-0.39, 0.29) is 0 Å². The highest BCUT2D eigenvalue weighted by Crippen LogP contribution is 2.26. The number of fused-ring (bicyclic) bond motifs is 1. The van der Waals surface area contributed by atoms with Crippen molar-refractivity contribution in [2.45, 2.75) is 19.4 Å². The summed E-state index contributed by atoms with van der Waals surface area (Å²) in [6.45, 7) is 6.06. The van der Waals surface area contributed by atoms with Crippen LogP contribution in [-0.2, 0) is 0 Å². The van der Waals surface area contributed by atoms with E-state index in [1.807, 2.05) is 25.4 Å². The average Bonchev–Trinajstić information content (AvgIpc) is 2.35. The smallest absolute Gasteiger partial charge is 0.0705 e. The van der Waals surface area contributed by atoms with Crippen molar-refractivity contribution in [1.29, 1.82) is 0 Å². The topological polar surface area (TPSA) is 24.9 Å². The Bertz CT molecular complexity index is 526. The molecule has 0 radical (unpaired) electrons. The van der Waals surface area contributed by atoms with E-state index in [4.69, 9.17) is 0 Å². The van der Waals surface area contributed by atoms with E-state index in [0.717, 1.165) is 11.9 Å². The van der Waals surface area contributed by atoms with E-state index in [2.05, 4.69) is 42.0 Å². The van der Waals surface area contributed by atoms with Crippen molar-refractivity contribution in [1.82, 2.24) is 10.3 Å². The molecule has 88 valence electrons. The molecule has 0 saturated heterocycles. The third kappa shape index (κ3) is 2.53. The Balaban J connectivity index is 2.49. The van der Waals surface area contributed by atoms with Crippen LogP contribution in [-0.4, -0.2) is 12.0 Å². The standard InChI is InChI=1S/C15H18N2/c1-11(2)10-15(16-3)13-8-9-17-14-7-5-4-6-12(13)14/h4-9,15-16H,1,10H2,2-3H3. The molecule has 2 rings (SSSR count). The minimum atomic E-state index is 0.306. The van der Waals surface area contributed by atoms with Crippen molar-refractivity contribution in [3.8, 4) is 0 Å². The fourth-order valence-electron chi connectivity index (χ4n) is 2.14. The second-order valence-corrected chi connectivity index (χ2v) is 4.42. The molecule has 2 heteroatoms. The van der Waals surface area contributed by atoms with E-state index >= 15 is 0 Å². The zero-order chi connectivity index (χ0) is 12.3. The second-order valence-electron chi connectivity index (χ2n) is 4.42. The lowest BCUT2D eigenvalue weighted by Crippen LogP contribution is -2.17. The highest BCUT2D eigenvalue weighted by Gasteiger charge is 2.12. The monoisotopic (exact) mass is 226 g/mol. The Morgan fingerprint density at radius 1 is 1.35 bits per heavy atom. The first kappa shape index (κ1) is 11.8. The molecule has 2 nitrogen and oxygen atoms in total. The van der Waals surface area contributed by atoms with Gasteiger partial charge in [0.25, 0.3) is 0 Å². The number of nitrogens with zero attached hydrogens (tertiary/aromatic N) is 1. The van der Waals surface area contributed by atoms with Crippen LogP contribution in [0.4, 0.5) is 0 Å². The molecule has 0 saturated carbocycles. The first-order chi connectivity index (χ1) is 8.22. The van der Waals surface area contributed by atoms with Gasteiger partial charge in [0.15, 0.2) is 0 Å². The van der Waals surface area contributed by atoms with Crippen molar-refractivity contribution < 1.29 is 0 Å². The van der Waals surface area contributed by atoms with Crippen LogP contribution in [0.25, 0.3) is 10.9 Å². The summed E-state index contributed by atoms with van der Waals surface area (Å²) in [7, 11) is 1.99. The molecular weight excluding hydrogens is 208 g/mol. The number of hydrogen-bond donors (Lipinski definition) is 1. The maximum absolute atomic E-state index is 4.39. The van der Waals surface area contributed by atoms with Gasteiger partial charge in [0.05, 0.1) is 5.52 Å². The van der Waals surface area contributed by atoms with Crippen LogP contribution in [0.2, 0.25) is 0 Å². The van der Waals surface area contributed by atoms with E-state index in [0.29, 0.717) is 6.04 Å². The number of rotatable bonds is 4. The summed E-state index contributed by atoms with van der Waals surface area (Å²) in [5.41, 5.74) is 3.53. The quantitative estimate of drug-likeness (QED) is 0.807. The molecule has 1 aromatic heterocycles. The molecule has 0 aliphatic heterocycles. The number of hydrogen-bond acceptors (Lipinski definition) is 2. The Morgan fingerprint density at radius 2 is 2.12 bits per heavy atom. The summed E-state index contributed by atoms with van der Waals surface area (Å²) in [6.07, 6.45) is 2.82. The first-order valence-electron chi connectivity index (χ1n) is 5.87. The summed E-state index contributed by atoms with van der Waals surface area (Å²) >= 11 is 0. The highest BCUT2D eigenvalue weighted by molar-refractivity contribution is 5.82. The van der Waals surface area contributed by atoms with Gasteiger partial charge in [0.1, 0.15) is 0 Å². The molecule has 1 atom stereocenters. The molecule has 1 unspecified atom stereocenters. The first-order valence-corrected chi connectivity index (χ1v) is 5.87. The van der Waals surface area contributed by atoms with Gasteiger partial charge >= 0.3 is 0 Å². The Labute approximate surface area is 102 Å². The number of aromatic nitrogens is 1. The SMILES string of the molecule is C=C(C)CC(NC)c1ccnc2ccccc12. The Morgan fingerprint density at radius 3 is 2.82 bits per heavy atom. The van der Waals surface area contributed by atoms with Crippen molar-refractivity contribution in [3.63, 3.8) is 0 Å². The minimum Gasteiger partial charge on any atom is -0.313 e. The normalized spacial score (nSPS) is 12.6. The third-order valence-electron chi connectivity index (χ3n) is 2.96. The van der Waals surface area contributed by atoms with Gasteiger partial charge in [-0.15, -0.1) is 6.58 Å². The van der Waals surface area contributed by atoms with Gasteiger partial charge in [0.2, 0.25) is 0 Å². The fraction of sp³-hybridized carbons (Fsp3) is 0.267. The molecule has 0 fully saturated rings. The second kappa shape index (κ2) is 5.11. The van der Waals surface area contributed by atoms with Crippen molar-refractivity contribution in [2.24, 2.45) is 0 Å². The van der Waals surface area contributed by atoms with Crippen LogP contribution in [0.5, 0.6) is 0 Å². The molecule has 0 bridgehead atoms. The van der Waals surface area contributed by atoms with Crippen LogP contribution in [0.1, 0.15) is 24.9 Å². The van der Waals surface area contributed by atoms with E-state index in [9.17, 15) is 0 Å². The zero-order valence-electron chi connectivity index (χ0n) is 10.4. The maximum atomic E-state index is 4.39. The van der Waals surface area contributed by atoms with Crippen molar-refractivity contribution >= 4 is 10.9 Å². The van der Waals surface area contributed by atoms with Crippen LogP contribution in [0.15, 0.2) is 48.7 Å². The molecule has 0 amide bonds. The van der Waals surface area contributed by atoms with Crippen molar-refractivity contribution in [2.75, 3.05) is 7.05 Å². The van der Waals surface area contributed by atoms with Crippen LogP contribution in [0.3, 0.4) is 0 Å². The fourth-order valence-corrected chi connectivity index (χ4v) is 2.14. The van der Waals surface area contributed by atoms with E-state index in [1.54, 1.807) is 0 Å². The van der Waals surface area contributed by atoms with Gasteiger partial charge < -0.3 is 5.32 Å². The lowest BCUT2D eigenvalue weighted by Gasteiger charge is -2.18. The Hall–Kier alpha value is -1.67. The third-order valence-corrected chi connectivity index (χ3v) is 2.96. The van der Waals surface area contributed by atoms with Gasteiger partial charge in [0, 0.05) is 17.6 Å². The zero-order valence-corrected chi connectivity index (χ0v) is 10.4. The van der Waals surface area contributed by atoms with Crippen LogP contribution >= 0.6 is 0 Å². The Kier molecular flexibility index (Phi) is 3.55. The lowest BCUT2D eigenvalue weighted by molar-refractivity contribution is 0.593. The molecule has 17 heavy (non-hydrogen) atoms. The molecule has 1 aromatic carbocycles. The average molecular weight is 226 g/mol. The van der Waals surface area contributed by atoms with E-state index in [1.165, 1.54) is 16.5 Å². The molecule has 1 heterocycles. The molecule has 2 aromatic rings. The van der Waals surface area contributed by atoms with Crippen molar-refractivity contribution in [3.05, 3.63) is 54.2 Å². The summed E-state index contributed by atoms with van der Waals surface area (Å²) in [4.78, 5) is 4.39. The largest absolute Gasteiger partial charge is 0.313 e. The molecule has 0 spiro atoms. The number of pyridine rings is 1. The van der Waals surface area contributed by atoms with Crippen LogP contribution < -0.4 is 5.32 Å².